The van der Waals surface area contributed by atoms with Crippen LogP contribution in [-0.2, 0) is 16.2 Å². The first-order valence-electron chi connectivity index (χ1n) is 46.9. The Morgan fingerprint density at radius 3 is 0.830 bits per heavy atom. The lowest BCUT2D eigenvalue weighted by atomic mass is 9.81. The molecule has 0 saturated heterocycles. The van der Waals surface area contributed by atoms with Crippen LogP contribution in [0, 0.1) is 0 Å². The highest BCUT2D eigenvalue weighted by atomic mass is 14.9. The zero-order chi connectivity index (χ0) is 90.4. The zero-order valence-electron chi connectivity index (χ0n) is 75.9. The largest absolute Gasteiger partial charge is 0.265 e. The van der Waals surface area contributed by atoms with Crippen LogP contribution in [0.1, 0.15) is 74.9 Å². The Morgan fingerprint density at radius 1 is 0.163 bits per heavy atom. The Kier molecular flexibility index (Phi) is 18.9. The van der Waals surface area contributed by atoms with Gasteiger partial charge >= 0.3 is 0 Å². The molecule has 135 heavy (non-hydrogen) atoms. The van der Waals surface area contributed by atoms with E-state index in [1.54, 1.807) is 12.4 Å². The van der Waals surface area contributed by atoms with Gasteiger partial charge in [-0.2, -0.15) is 0 Å². The molecule has 3 aliphatic carbocycles. The molecule has 0 saturated carbocycles. The van der Waals surface area contributed by atoms with Gasteiger partial charge in [-0.25, -0.2) is 9.97 Å². The lowest BCUT2D eigenvalue weighted by Crippen LogP contribution is -2.14. The van der Waals surface area contributed by atoms with Crippen molar-refractivity contribution in [3.8, 4) is 134 Å². The summed E-state index contributed by atoms with van der Waals surface area (Å²) in [6.45, 7) is 14.1. The minimum absolute atomic E-state index is 0.0265. The van der Waals surface area contributed by atoms with Gasteiger partial charge in [-0.05, 0) is 296 Å². The monoisotopic (exact) mass is 1720 g/mol. The Bertz CT molecular complexity index is 8170. The molecule has 3 heterocycles. The van der Waals surface area contributed by atoms with Crippen molar-refractivity contribution in [1.29, 1.82) is 0 Å². The van der Waals surface area contributed by atoms with Crippen molar-refractivity contribution in [2.75, 3.05) is 0 Å². The second kappa shape index (κ2) is 31.8. The van der Waals surface area contributed by atoms with Crippen LogP contribution in [0.4, 0.5) is 0 Å². The van der Waals surface area contributed by atoms with Gasteiger partial charge in [0.15, 0.2) is 5.82 Å². The molecule has 0 amide bonds. The maximum atomic E-state index is 4.80. The third-order valence-corrected chi connectivity index (χ3v) is 29.6. The van der Waals surface area contributed by atoms with E-state index in [0.717, 1.165) is 33.4 Å². The summed E-state index contributed by atoms with van der Waals surface area (Å²) in [5, 5.41) is 22.0. The first kappa shape index (κ1) is 80.4. The fraction of sp³-hybridized carbons (Fsp3) is 0.0692. The predicted molar refractivity (Wildman–Crippen MR) is 567 cm³/mol. The van der Waals surface area contributed by atoms with Gasteiger partial charge in [0.2, 0.25) is 0 Å². The number of hydrogen-bond donors (Lipinski definition) is 0. The summed E-state index contributed by atoms with van der Waals surface area (Å²) in [5.41, 5.74) is 36.6. The fourth-order valence-electron chi connectivity index (χ4n) is 23.2. The first-order valence-corrected chi connectivity index (χ1v) is 46.9. The van der Waals surface area contributed by atoms with Gasteiger partial charge in [0.05, 0.1) is 11.9 Å². The second-order valence-electron chi connectivity index (χ2n) is 37.9. The topological polar surface area (TPSA) is 64.5 Å². The summed E-state index contributed by atoms with van der Waals surface area (Å²) in [7, 11) is 0. The summed E-state index contributed by atoms with van der Waals surface area (Å²) >= 11 is 0. The number of pyridine rings is 1. The molecule has 0 atom stereocenters. The number of rotatable bonds is 9. The Morgan fingerprint density at radius 2 is 0.452 bits per heavy atom. The van der Waals surface area contributed by atoms with Crippen LogP contribution in [-0.4, -0.2) is 24.9 Å². The van der Waals surface area contributed by atoms with Gasteiger partial charge in [0.25, 0.3) is 0 Å². The maximum Gasteiger partial charge on any atom is 0.160 e. The van der Waals surface area contributed by atoms with E-state index in [1.807, 2.05) is 37.1 Å². The van der Waals surface area contributed by atoms with Crippen LogP contribution in [0.25, 0.3) is 231 Å². The first-order chi connectivity index (χ1) is 66.3. The normalized spacial score (nSPS) is 13.3. The number of nitrogens with zero attached hydrogens (tertiary/aromatic N) is 5. The molecular weight excluding hydrogens is 1630 g/mol. The molecule has 0 radical (unpaired) electrons. The quantitative estimate of drug-likeness (QED) is 0.135. The standard InChI is InChI=1S/C44H31N.2C43H30N2/c1-44(2)40-17-8-7-13-34(40)38-27-31(19-21-41(38)44)43-36-15-6-5-14-35(36)42(29-22-24-45-25-23-29)37-20-18-30(26-39(37)43)33-16-9-11-28-10-3-4-12-32(28)33;1-43(2)38-18-8-7-14-32(38)36-26-29(20-22-39(36)43)40-33-15-5-6-16-34(33)41(42-44-23-10-24-45-42)35-21-19-28(25-37(35)40)31-17-9-12-27-11-3-4-13-30(27)31;1-43(2)38-17-8-7-13-32(38)36-25-29(19-21-39(36)43)41-33-14-5-6-15-34(33)42(40-26-44-22-23-45-40)35-20-18-28(24-37(35)41)31-16-9-11-27-10-3-4-12-30(27)31/h3-27H,1-2H3;2*3-26H,1-2H3. The van der Waals surface area contributed by atoms with E-state index in [1.165, 1.54) is 231 Å². The van der Waals surface area contributed by atoms with Gasteiger partial charge in [-0.1, -0.05) is 387 Å². The average molecular weight is 1720 g/mol. The van der Waals surface area contributed by atoms with E-state index in [0.29, 0.717) is 0 Å². The van der Waals surface area contributed by atoms with Crippen molar-refractivity contribution in [2.24, 2.45) is 0 Å². The molecule has 24 aromatic rings. The lowest BCUT2D eigenvalue weighted by molar-refractivity contribution is 0.660. The van der Waals surface area contributed by atoms with Crippen LogP contribution >= 0.6 is 0 Å². The van der Waals surface area contributed by atoms with Crippen molar-refractivity contribution in [3.63, 3.8) is 0 Å². The third-order valence-electron chi connectivity index (χ3n) is 29.6. The Hall–Kier alpha value is -16.7. The fourth-order valence-corrected chi connectivity index (χ4v) is 23.2. The number of fused-ring (bicyclic) bond motifs is 18. The summed E-state index contributed by atoms with van der Waals surface area (Å²) in [5.74, 6) is 0.743. The van der Waals surface area contributed by atoms with E-state index >= 15 is 0 Å². The minimum atomic E-state index is -0.0371. The van der Waals surface area contributed by atoms with Crippen molar-refractivity contribution < 1.29 is 0 Å². The molecular formula is C130H91N5. The van der Waals surface area contributed by atoms with Gasteiger partial charge in [0, 0.05) is 64.6 Å². The molecule has 21 aromatic carbocycles. The van der Waals surface area contributed by atoms with Crippen LogP contribution in [0.15, 0.2) is 444 Å². The summed E-state index contributed by atoms with van der Waals surface area (Å²) in [6.07, 6.45) is 12.9. The highest BCUT2D eigenvalue weighted by Gasteiger charge is 2.39. The third kappa shape index (κ3) is 13.0. The van der Waals surface area contributed by atoms with E-state index in [4.69, 9.17) is 15.0 Å². The van der Waals surface area contributed by atoms with Crippen molar-refractivity contribution in [2.45, 2.75) is 57.8 Å². The highest BCUT2D eigenvalue weighted by molar-refractivity contribution is 6.26. The molecule has 3 aliphatic rings. The van der Waals surface area contributed by atoms with Crippen molar-refractivity contribution >= 4 is 97.0 Å². The second-order valence-corrected chi connectivity index (χ2v) is 37.9. The van der Waals surface area contributed by atoms with Gasteiger partial charge in [0.1, 0.15) is 0 Å². The van der Waals surface area contributed by atoms with Crippen LogP contribution in [0.2, 0.25) is 0 Å². The van der Waals surface area contributed by atoms with E-state index in [9.17, 15) is 0 Å². The van der Waals surface area contributed by atoms with Crippen LogP contribution in [0.3, 0.4) is 0 Å². The number of aromatic nitrogens is 5. The Balaban J connectivity index is 0.000000108. The molecule has 0 spiro atoms. The lowest BCUT2D eigenvalue weighted by Gasteiger charge is -2.22. The summed E-state index contributed by atoms with van der Waals surface area (Å²) < 4.78 is 0. The molecule has 5 heteroatoms. The molecule has 27 rings (SSSR count). The molecule has 636 valence electrons. The van der Waals surface area contributed by atoms with Gasteiger partial charge in [-0.3, -0.25) is 15.0 Å². The van der Waals surface area contributed by atoms with Crippen molar-refractivity contribution in [3.05, 3.63) is 477 Å². The van der Waals surface area contributed by atoms with E-state index in [2.05, 4.69) is 446 Å². The molecule has 0 fully saturated rings. The van der Waals surface area contributed by atoms with Crippen LogP contribution in [0.5, 0.6) is 0 Å². The molecule has 0 N–H and O–H groups in total. The van der Waals surface area contributed by atoms with Gasteiger partial charge in [-0.15, -0.1) is 0 Å². The van der Waals surface area contributed by atoms with Crippen molar-refractivity contribution in [1.82, 2.24) is 24.9 Å². The van der Waals surface area contributed by atoms with E-state index < -0.39 is 0 Å². The molecule has 0 bridgehead atoms. The number of benzene rings is 21. The molecule has 5 nitrogen and oxygen atoms in total. The molecule has 0 aliphatic heterocycles. The average Bonchev–Trinajstić information content (AvgIpc) is 1.68. The Labute approximate surface area is 785 Å². The molecule has 3 aromatic heterocycles. The van der Waals surface area contributed by atoms with Gasteiger partial charge < -0.3 is 0 Å². The van der Waals surface area contributed by atoms with E-state index in [-0.39, 0.29) is 16.2 Å². The number of hydrogen-bond acceptors (Lipinski definition) is 5. The maximum absolute atomic E-state index is 4.80. The minimum Gasteiger partial charge on any atom is -0.265 e. The predicted octanol–water partition coefficient (Wildman–Crippen LogP) is 34.3. The SMILES string of the molecule is CC1(C)c2ccccc2-c2cc(-c3c4ccccc4c(-c4ccncc4)c4ccc(-c5cccc6ccccc56)cc34)ccc21.CC1(C)c2ccccc2-c2cc(-c3c4ccccc4c(-c4cnccn4)c4ccc(-c5cccc6ccccc56)cc34)ccc21.CC1(C)c2ccccc2-c2cc(-c3c4ccccc4c(-c4ncccn4)c4ccc(-c5cccc6ccccc56)cc34)ccc21. The molecule has 0 unspecified atom stereocenters. The summed E-state index contributed by atoms with van der Waals surface area (Å²) in [6, 6.07) is 147. The summed E-state index contributed by atoms with van der Waals surface area (Å²) in [4.78, 5) is 23.1. The zero-order valence-corrected chi connectivity index (χ0v) is 75.9. The highest BCUT2D eigenvalue weighted by Crippen LogP contribution is 2.57. The van der Waals surface area contributed by atoms with Crippen LogP contribution < -0.4 is 0 Å². The smallest absolute Gasteiger partial charge is 0.160 e.